The first-order valence-corrected chi connectivity index (χ1v) is 9.97. The second-order valence-electron chi connectivity index (χ2n) is 7.46. The Hall–Kier alpha value is -3.95. The van der Waals surface area contributed by atoms with Crippen LogP contribution in [0.2, 0.25) is 0 Å². The van der Waals surface area contributed by atoms with Gasteiger partial charge in [-0.3, -0.25) is 9.59 Å². The Balaban J connectivity index is 1.18. The number of halogens is 2. The molecular weight excluding hydrogens is 422 g/mol. The fourth-order valence-corrected chi connectivity index (χ4v) is 3.71. The van der Waals surface area contributed by atoms with E-state index in [-0.39, 0.29) is 23.3 Å². The molecule has 1 fully saturated rings. The highest BCUT2D eigenvalue weighted by Crippen LogP contribution is 2.41. The Bertz CT molecular complexity index is 1230. The van der Waals surface area contributed by atoms with Crippen molar-refractivity contribution in [3.63, 3.8) is 0 Å². The number of aromatic amines is 1. The van der Waals surface area contributed by atoms with E-state index in [2.05, 4.69) is 19.4 Å². The van der Waals surface area contributed by atoms with Gasteiger partial charge in [0.05, 0.1) is 5.56 Å². The first-order chi connectivity index (χ1) is 15.4. The van der Waals surface area contributed by atoms with Crippen molar-refractivity contribution < 1.29 is 27.8 Å². The summed E-state index contributed by atoms with van der Waals surface area (Å²) < 4.78 is 35.0. The molecule has 0 bridgehead atoms. The number of amides is 2. The average molecular weight is 440 g/mol. The number of pyridine rings is 1. The van der Waals surface area contributed by atoms with Gasteiger partial charge in [-0.15, -0.1) is 8.78 Å². The summed E-state index contributed by atoms with van der Waals surface area (Å²) in [5.74, 6) is -0.481. The van der Waals surface area contributed by atoms with Crippen molar-refractivity contribution in [1.82, 2.24) is 19.8 Å². The van der Waals surface area contributed by atoms with E-state index in [0.717, 1.165) is 11.0 Å². The van der Waals surface area contributed by atoms with Crippen LogP contribution in [0.15, 0.2) is 48.8 Å². The lowest BCUT2D eigenvalue weighted by molar-refractivity contribution is -0.286. The van der Waals surface area contributed by atoms with Crippen LogP contribution in [0.5, 0.6) is 11.5 Å². The van der Waals surface area contributed by atoms with Crippen LogP contribution in [0.4, 0.5) is 8.78 Å². The van der Waals surface area contributed by atoms with Crippen molar-refractivity contribution in [2.75, 3.05) is 26.2 Å². The Kier molecular flexibility index (Phi) is 4.76. The molecule has 0 radical (unpaired) electrons. The topological polar surface area (TPSA) is 87.8 Å². The molecule has 2 amide bonds. The van der Waals surface area contributed by atoms with Crippen LogP contribution in [0.25, 0.3) is 17.1 Å². The van der Waals surface area contributed by atoms with Gasteiger partial charge in [0.1, 0.15) is 5.65 Å². The van der Waals surface area contributed by atoms with Gasteiger partial charge in [-0.25, -0.2) is 4.98 Å². The molecule has 10 heteroatoms. The van der Waals surface area contributed by atoms with E-state index in [1.807, 2.05) is 6.07 Å². The van der Waals surface area contributed by atoms with Crippen molar-refractivity contribution in [2.24, 2.45) is 0 Å². The van der Waals surface area contributed by atoms with Crippen LogP contribution < -0.4 is 9.47 Å². The molecule has 0 aliphatic carbocycles. The third-order valence-electron chi connectivity index (χ3n) is 5.37. The highest BCUT2D eigenvalue weighted by molar-refractivity contribution is 5.97. The number of piperazine rings is 1. The maximum atomic E-state index is 13.1. The Morgan fingerprint density at radius 2 is 1.78 bits per heavy atom. The minimum Gasteiger partial charge on any atom is -0.395 e. The van der Waals surface area contributed by atoms with Crippen LogP contribution in [0, 0.1) is 0 Å². The highest BCUT2D eigenvalue weighted by Gasteiger charge is 2.43. The van der Waals surface area contributed by atoms with Crippen molar-refractivity contribution in [2.45, 2.75) is 6.29 Å². The first-order valence-electron chi connectivity index (χ1n) is 9.97. The summed E-state index contributed by atoms with van der Waals surface area (Å²) in [5.41, 5.74) is 1.75. The van der Waals surface area contributed by atoms with E-state index < -0.39 is 6.29 Å². The fourth-order valence-electron chi connectivity index (χ4n) is 3.71. The summed E-state index contributed by atoms with van der Waals surface area (Å²) in [6, 6.07) is 7.95. The molecule has 8 nitrogen and oxygen atoms in total. The number of alkyl halides is 2. The van der Waals surface area contributed by atoms with Gasteiger partial charge in [-0.1, -0.05) is 6.07 Å². The first kappa shape index (κ1) is 20.0. The summed E-state index contributed by atoms with van der Waals surface area (Å²) in [7, 11) is 0. The molecule has 0 saturated carbocycles. The van der Waals surface area contributed by atoms with Gasteiger partial charge in [0.15, 0.2) is 11.5 Å². The average Bonchev–Trinajstić information content (AvgIpc) is 3.38. The quantitative estimate of drug-likeness (QED) is 0.633. The molecular formula is C22H18F2N4O4. The fraction of sp³-hybridized carbons (Fsp3) is 0.227. The van der Waals surface area contributed by atoms with Gasteiger partial charge >= 0.3 is 6.29 Å². The number of carbonyl (C=O) groups excluding carboxylic acids is 2. The molecule has 0 spiro atoms. The zero-order valence-electron chi connectivity index (χ0n) is 16.8. The molecule has 2 aromatic heterocycles. The van der Waals surface area contributed by atoms with E-state index in [4.69, 9.17) is 0 Å². The van der Waals surface area contributed by atoms with Crippen LogP contribution in [-0.4, -0.2) is 64.1 Å². The lowest BCUT2D eigenvalue weighted by Gasteiger charge is -2.34. The standard InChI is InChI=1S/C22H18F2N4O4/c23-22(24)31-17-3-1-14(11-18(17)32-22)2-4-19(29)27-7-9-28(10-8-27)21(30)16-12-15-5-6-25-20(15)26-13-16/h1-6,11-13H,7-10H2,(H,25,26)/b4-2+. The molecule has 4 heterocycles. The molecule has 1 N–H and O–H groups in total. The van der Waals surface area contributed by atoms with Gasteiger partial charge in [-0.05, 0) is 35.9 Å². The monoisotopic (exact) mass is 440 g/mol. The number of nitrogens with zero attached hydrogens (tertiary/aromatic N) is 3. The molecule has 5 rings (SSSR count). The van der Waals surface area contributed by atoms with E-state index in [0.29, 0.717) is 37.3 Å². The number of carbonyl (C=O) groups is 2. The summed E-state index contributed by atoms with van der Waals surface area (Å²) in [5, 5.41) is 0.863. The second kappa shape index (κ2) is 7.63. The van der Waals surface area contributed by atoms with E-state index in [9.17, 15) is 18.4 Å². The number of ether oxygens (including phenoxy) is 2. The van der Waals surface area contributed by atoms with Crippen molar-refractivity contribution >= 4 is 28.9 Å². The maximum Gasteiger partial charge on any atom is 0.586 e. The lowest BCUT2D eigenvalue weighted by Crippen LogP contribution is -2.50. The van der Waals surface area contributed by atoms with Gasteiger partial charge in [-0.2, -0.15) is 0 Å². The summed E-state index contributed by atoms with van der Waals surface area (Å²) in [4.78, 5) is 35.9. The number of hydrogen-bond donors (Lipinski definition) is 1. The molecule has 164 valence electrons. The Morgan fingerprint density at radius 3 is 2.59 bits per heavy atom. The zero-order valence-corrected chi connectivity index (χ0v) is 16.8. The number of H-pyrrole nitrogens is 1. The van der Waals surface area contributed by atoms with Gasteiger partial charge in [0, 0.05) is 50.0 Å². The Morgan fingerprint density at radius 1 is 1.03 bits per heavy atom. The van der Waals surface area contributed by atoms with E-state index in [1.54, 1.807) is 34.3 Å². The van der Waals surface area contributed by atoms with Crippen molar-refractivity contribution in [3.05, 3.63) is 59.9 Å². The van der Waals surface area contributed by atoms with E-state index >= 15 is 0 Å². The minimum absolute atomic E-state index is 0.0508. The largest absolute Gasteiger partial charge is 0.586 e. The molecule has 3 aromatic rings. The molecule has 2 aliphatic rings. The summed E-state index contributed by atoms with van der Waals surface area (Å²) in [6.45, 7) is 1.59. The molecule has 0 atom stereocenters. The molecule has 1 aromatic carbocycles. The number of benzene rings is 1. The van der Waals surface area contributed by atoms with Crippen LogP contribution >= 0.6 is 0 Å². The summed E-state index contributed by atoms with van der Waals surface area (Å²) >= 11 is 0. The number of aromatic nitrogens is 2. The highest BCUT2D eigenvalue weighted by atomic mass is 19.3. The van der Waals surface area contributed by atoms with Crippen molar-refractivity contribution in [3.8, 4) is 11.5 Å². The van der Waals surface area contributed by atoms with Crippen LogP contribution in [-0.2, 0) is 4.79 Å². The predicted octanol–water partition coefficient (Wildman–Crippen LogP) is 2.88. The van der Waals surface area contributed by atoms with Crippen LogP contribution in [0.3, 0.4) is 0 Å². The van der Waals surface area contributed by atoms with E-state index in [1.165, 1.54) is 24.3 Å². The smallest absolute Gasteiger partial charge is 0.395 e. The zero-order chi connectivity index (χ0) is 22.3. The predicted molar refractivity (Wildman–Crippen MR) is 110 cm³/mol. The minimum atomic E-state index is -3.68. The normalized spacial score (nSPS) is 17.3. The molecule has 0 unspecified atom stereocenters. The molecule has 2 aliphatic heterocycles. The van der Waals surface area contributed by atoms with Gasteiger partial charge < -0.3 is 24.3 Å². The molecule has 1 saturated heterocycles. The molecule has 32 heavy (non-hydrogen) atoms. The number of rotatable bonds is 3. The Labute approximate surface area is 181 Å². The second-order valence-corrected chi connectivity index (χ2v) is 7.46. The maximum absolute atomic E-state index is 13.1. The number of hydrogen-bond acceptors (Lipinski definition) is 5. The van der Waals surface area contributed by atoms with Crippen molar-refractivity contribution in [1.29, 1.82) is 0 Å². The number of nitrogens with one attached hydrogen (secondary N) is 1. The third kappa shape index (κ3) is 3.86. The van der Waals surface area contributed by atoms with Crippen LogP contribution in [0.1, 0.15) is 15.9 Å². The van der Waals surface area contributed by atoms with Gasteiger partial charge in [0.2, 0.25) is 5.91 Å². The lowest BCUT2D eigenvalue weighted by atomic mass is 10.1. The van der Waals surface area contributed by atoms with Gasteiger partial charge in [0.25, 0.3) is 5.91 Å². The number of fused-ring (bicyclic) bond motifs is 2. The summed E-state index contributed by atoms with van der Waals surface area (Å²) in [6.07, 6.45) is 2.53. The third-order valence-corrected chi connectivity index (χ3v) is 5.37. The SMILES string of the molecule is O=C(/C=C/c1ccc2c(c1)OC(F)(F)O2)N1CCN(C(=O)c2cnc3[nH]ccc3c2)CC1.